The molecule has 2 rings (SSSR count). The highest BCUT2D eigenvalue weighted by atomic mass is 32.2. The van der Waals surface area contributed by atoms with E-state index >= 15 is 0 Å². The highest BCUT2D eigenvalue weighted by Gasteiger charge is 2.21. The van der Waals surface area contributed by atoms with E-state index in [-0.39, 0.29) is 16.7 Å². The number of hydrogen-bond acceptors (Lipinski definition) is 1. The summed E-state index contributed by atoms with van der Waals surface area (Å²) in [7, 11) is -9.85. The van der Waals surface area contributed by atoms with E-state index in [0.717, 1.165) is 11.1 Å². The molecule has 156 valence electrons. The maximum Gasteiger partial charge on any atom is 0.673 e. The van der Waals surface area contributed by atoms with Crippen LogP contribution in [0.5, 0.6) is 0 Å². The lowest BCUT2D eigenvalue weighted by molar-refractivity contribution is -0.671. The Kier molecular flexibility index (Phi) is 10.3. The van der Waals surface area contributed by atoms with Gasteiger partial charge in [0, 0.05) is 22.5 Å². The molecule has 0 unspecified atom stereocenters. The molecule has 0 bridgehead atoms. The molecule has 13 heteroatoms. The number of hydrogen-bond donors (Lipinski definition) is 0. The topological polar surface area (TPSA) is 20.9 Å². The average molecular weight is 433 g/mol. The molecular weight excluding hydrogens is 416 g/mol. The summed E-state index contributed by atoms with van der Waals surface area (Å²) < 4.78 is 79.9. The van der Waals surface area contributed by atoms with Crippen molar-refractivity contribution in [2.24, 2.45) is 7.05 Å². The van der Waals surface area contributed by atoms with Crippen LogP contribution in [0.25, 0.3) is 0 Å². The average Bonchev–Trinajstić information content (AvgIpc) is 2.51. The van der Waals surface area contributed by atoms with Crippen LogP contribution in [-0.4, -0.2) is 32.8 Å². The Morgan fingerprint density at radius 3 is 1.61 bits per heavy atom. The zero-order chi connectivity index (χ0) is 22.1. The number of nitrogens with zero attached hydrogens (tertiary/aromatic N) is 1. The van der Waals surface area contributed by atoms with Gasteiger partial charge in [0.2, 0.25) is 0 Å². The van der Waals surface area contributed by atoms with Crippen molar-refractivity contribution < 1.29 is 43.9 Å². The molecule has 0 aliphatic carbocycles. The first kappa shape index (κ1) is 26.0. The van der Waals surface area contributed by atoms with Crippen LogP contribution in [-0.2, 0) is 17.9 Å². The summed E-state index contributed by atoms with van der Waals surface area (Å²) in [6.07, 6.45) is 8.11. The third kappa shape index (κ3) is 14.1. The van der Waals surface area contributed by atoms with Crippen molar-refractivity contribution in [2.45, 2.75) is 4.90 Å². The summed E-state index contributed by atoms with van der Waals surface area (Å²) in [5.74, 6) is 0.0739. The predicted molar refractivity (Wildman–Crippen MR) is 95.3 cm³/mol. The Bertz CT molecular complexity index is 727. The molecular formula is C15H17B2F8NOS. The molecule has 0 spiro atoms. The summed E-state index contributed by atoms with van der Waals surface area (Å²) in [6, 6.07) is 11.6. The normalized spacial score (nSPS) is 11.1. The van der Waals surface area contributed by atoms with Gasteiger partial charge in [-0.15, -0.1) is 0 Å². The summed E-state index contributed by atoms with van der Waals surface area (Å²) in [4.78, 5) is 13.6. The number of carbonyl (C=O) groups excluding carboxylic acids is 1. The molecule has 1 heterocycles. The molecule has 0 aliphatic rings. The molecule has 0 amide bonds. The molecule has 2 nitrogen and oxygen atoms in total. The van der Waals surface area contributed by atoms with Gasteiger partial charge in [-0.3, -0.25) is 4.79 Å². The molecule has 0 aliphatic heterocycles. The first-order valence-electron chi connectivity index (χ1n) is 7.50. The third-order valence-electron chi connectivity index (χ3n) is 2.79. The summed E-state index contributed by atoms with van der Waals surface area (Å²) in [5, 5.41) is 0. The van der Waals surface area contributed by atoms with E-state index in [4.69, 9.17) is 0 Å². The SMILES string of the molecule is C[n+]1cccc(C(=O)c2ccc([S+](C)C)cc2)c1.F[B-](F)(F)F.F[B-](F)(F)F. The lowest BCUT2D eigenvalue weighted by atomic mass is 10.1. The number of ketones is 1. The highest BCUT2D eigenvalue weighted by Crippen LogP contribution is 2.13. The highest BCUT2D eigenvalue weighted by molar-refractivity contribution is 7.95. The maximum atomic E-state index is 12.3. The minimum absolute atomic E-state index is 0.0739. The fourth-order valence-electron chi connectivity index (χ4n) is 1.77. The summed E-state index contributed by atoms with van der Waals surface area (Å²) >= 11 is 0. The number of aromatic nitrogens is 1. The van der Waals surface area contributed by atoms with Gasteiger partial charge >= 0.3 is 14.5 Å². The van der Waals surface area contributed by atoms with Gasteiger partial charge in [0.1, 0.15) is 19.6 Å². The largest absolute Gasteiger partial charge is 0.673 e. The van der Waals surface area contributed by atoms with Gasteiger partial charge in [0.25, 0.3) is 0 Å². The predicted octanol–water partition coefficient (Wildman–Crippen LogP) is 4.58. The van der Waals surface area contributed by atoms with E-state index in [1.54, 1.807) is 0 Å². The minimum Gasteiger partial charge on any atom is -0.418 e. The van der Waals surface area contributed by atoms with E-state index in [1.165, 1.54) is 4.90 Å². The molecule has 0 saturated carbocycles. The van der Waals surface area contributed by atoms with Crippen molar-refractivity contribution in [3.8, 4) is 0 Å². The number of carbonyl (C=O) groups is 1. The summed E-state index contributed by atoms with van der Waals surface area (Å²) in [5.41, 5.74) is 1.47. The van der Waals surface area contributed by atoms with Gasteiger partial charge in [-0.1, -0.05) is 0 Å². The molecule has 0 radical (unpaired) electrons. The van der Waals surface area contributed by atoms with Crippen molar-refractivity contribution in [3.63, 3.8) is 0 Å². The van der Waals surface area contributed by atoms with Crippen molar-refractivity contribution >= 4 is 31.2 Å². The number of halogens is 8. The second-order valence-electron chi connectivity index (χ2n) is 5.42. The standard InChI is InChI=1S/C15H17NOS.2BF4/c1-16-10-4-5-13(11-16)15(17)12-6-8-14(9-7-12)18(2)3;2*2-1(3,4)5/h4-11H,1-3H3;;/q+2;2*-1. The number of rotatable bonds is 3. The van der Waals surface area contributed by atoms with Gasteiger partial charge in [-0.05, 0) is 30.3 Å². The third-order valence-corrected chi connectivity index (χ3v) is 4.00. The quantitative estimate of drug-likeness (QED) is 0.229. The molecule has 1 aromatic carbocycles. The fraction of sp³-hybridized carbons (Fsp3) is 0.200. The number of benzene rings is 1. The Labute approximate surface area is 160 Å². The molecule has 28 heavy (non-hydrogen) atoms. The Balaban J connectivity index is 0.000000607. The van der Waals surface area contributed by atoms with E-state index in [0.29, 0.717) is 0 Å². The molecule has 2 aromatic rings. The van der Waals surface area contributed by atoms with Gasteiger partial charge in [0.15, 0.2) is 23.1 Å². The molecule has 0 saturated heterocycles. The van der Waals surface area contributed by atoms with Crippen molar-refractivity contribution in [2.75, 3.05) is 12.5 Å². The van der Waals surface area contributed by atoms with Crippen LogP contribution in [0.4, 0.5) is 34.5 Å². The van der Waals surface area contributed by atoms with Crippen LogP contribution in [0.2, 0.25) is 0 Å². The van der Waals surface area contributed by atoms with Crippen LogP contribution in [0.1, 0.15) is 15.9 Å². The van der Waals surface area contributed by atoms with Gasteiger partial charge < -0.3 is 34.5 Å². The lowest BCUT2D eigenvalue weighted by Crippen LogP contribution is -2.27. The monoisotopic (exact) mass is 433 g/mol. The molecule has 1 aromatic heterocycles. The maximum absolute atomic E-state index is 12.3. The van der Waals surface area contributed by atoms with Gasteiger partial charge in [-0.2, -0.15) is 0 Å². The molecule has 0 N–H and O–H groups in total. The van der Waals surface area contributed by atoms with Crippen LogP contribution in [0.3, 0.4) is 0 Å². The van der Waals surface area contributed by atoms with Crippen molar-refractivity contribution in [1.29, 1.82) is 0 Å². The molecule has 0 atom stereocenters. The van der Waals surface area contributed by atoms with E-state index in [1.807, 2.05) is 60.4 Å². The Morgan fingerprint density at radius 2 is 1.25 bits per heavy atom. The second-order valence-corrected chi connectivity index (χ2v) is 7.52. The van der Waals surface area contributed by atoms with Crippen LogP contribution in [0.15, 0.2) is 53.7 Å². The van der Waals surface area contributed by atoms with E-state index in [9.17, 15) is 39.3 Å². The minimum atomic E-state index is -6.00. The van der Waals surface area contributed by atoms with Gasteiger partial charge in [0.05, 0.1) is 5.56 Å². The first-order valence-corrected chi connectivity index (χ1v) is 9.54. The van der Waals surface area contributed by atoms with Crippen LogP contribution in [0, 0.1) is 0 Å². The number of pyridine rings is 1. The molecule has 0 fully saturated rings. The zero-order valence-corrected chi connectivity index (χ0v) is 15.9. The zero-order valence-electron chi connectivity index (χ0n) is 15.1. The van der Waals surface area contributed by atoms with Gasteiger partial charge in [-0.25, -0.2) is 4.57 Å². The smallest absolute Gasteiger partial charge is 0.418 e. The lowest BCUT2D eigenvalue weighted by Gasteiger charge is -2.01. The van der Waals surface area contributed by atoms with Crippen LogP contribution < -0.4 is 4.57 Å². The Hall–Kier alpha value is -2.04. The summed E-state index contributed by atoms with van der Waals surface area (Å²) in [6.45, 7) is 0. The van der Waals surface area contributed by atoms with Crippen molar-refractivity contribution in [1.82, 2.24) is 0 Å². The van der Waals surface area contributed by atoms with Crippen LogP contribution >= 0.6 is 0 Å². The second kappa shape index (κ2) is 11.1. The van der Waals surface area contributed by atoms with E-state index in [2.05, 4.69) is 12.5 Å². The number of aryl methyl sites for hydroxylation is 1. The fourth-order valence-corrected chi connectivity index (χ4v) is 2.45. The first-order chi connectivity index (χ1) is 12.6. The van der Waals surface area contributed by atoms with Crippen molar-refractivity contribution in [3.05, 3.63) is 59.9 Å². The Morgan fingerprint density at radius 1 is 0.821 bits per heavy atom. The van der Waals surface area contributed by atoms with E-state index < -0.39 is 14.5 Å².